The fourth-order valence-corrected chi connectivity index (χ4v) is 4.27. The summed E-state index contributed by atoms with van der Waals surface area (Å²) in [7, 11) is 0. The van der Waals surface area contributed by atoms with Crippen LogP contribution in [0.3, 0.4) is 0 Å². The van der Waals surface area contributed by atoms with E-state index in [0.29, 0.717) is 0 Å². The summed E-state index contributed by atoms with van der Waals surface area (Å²) in [6.45, 7) is 4.50. The Morgan fingerprint density at radius 1 is 0.421 bits per heavy atom. The van der Waals surface area contributed by atoms with E-state index in [1.54, 1.807) is 0 Å². The van der Waals surface area contributed by atoms with Crippen LogP contribution in [0.4, 0.5) is 0 Å². The zero-order valence-electron chi connectivity index (χ0n) is 26.2. The first-order valence-corrected chi connectivity index (χ1v) is 15.6. The van der Waals surface area contributed by atoms with Gasteiger partial charge in [0.25, 0.3) is 0 Å². The Morgan fingerprint density at radius 3 is 0.947 bits per heavy atom. The molecule has 0 amide bonds. The first-order chi connectivity index (χ1) is 17.5. The van der Waals surface area contributed by atoms with Crippen molar-refractivity contribution in [3.63, 3.8) is 0 Å². The third-order valence-electron chi connectivity index (χ3n) is 6.63. The summed E-state index contributed by atoms with van der Waals surface area (Å²) in [5, 5.41) is 20.4. The number of hydrogen-bond acceptors (Lipinski definition) is 4. The minimum Gasteiger partial charge on any atom is -0.550 e. The van der Waals surface area contributed by atoms with Crippen LogP contribution in [-0.4, -0.2) is 11.9 Å². The molecule has 0 bridgehead atoms. The van der Waals surface area contributed by atoms with Gasteiger partial charge in [0.1, 0.15) is 0 Å². The van der Waals surface area contributed by atoms with E-state index in [-0.39, 0.29) is 72.0 Å². The van der Waals surface area contributed by atoms with Crippen molar-refractivity contribution in [3.8, 4) is 0 Å². The molecule has 0 spiro atoms. The number of allylic oxidation sites excluding steroid dienone is 2. The SMILES string of the molecule is CCCCCC/C=C\CCCCCCCC(=O)[O-].CCCCCCCCCCCCCCCC(=O)[O-].[Na+].[Na+]. The first-order valence-electron chi connectivity index (χ1n) is 15.6. The van der Waals surface area contributed by atoms with Gasteiger partial charge in [-0.1, -0.05) is 142 Å². The number of aliphatic carboxylic acids is 2. The van der Waals surface area contributed by atoms with Crippen LogP contribution in [0.2, 0.25) is 0 Å². The van der Waals surface area contributed by atoms with Crippen LogP contribution in [0, 0.1) is 0 Å². The Bertz CT molecular complexity index is 484. The largest absolute Gasteiger partial charge is 1.00 e. The van der Waals surface area contributed by atoms with Gasteiger partial charge in [-0.05, 0) is 51.4 Å². The van der Waals surface area contributed by atoms with Crippen molar-refractivity contribution >= 4 is 11.9 Å². The third kappa shape index (κ3) is 49.6. The molecule has 0 heterocycles. The molecule has 6 heteroatoms. The average Bonchev–Trinajstić information content (AvgIpc) is 2.85. The molecule has 0 aliphatic carbocycles. The molecule has 4 nitrogen and oxygen atoms in total. The number of hydrogen-bond donors (Lipinski definition) is 0. The summed E-state index contributed by atoms with van der Waals surface area (Å²) in [5.41, 5.74) is 0. The monoisotopic (exact) mass is 554 g/mol. The van der Waals surface area contributed by atoms with E-state index < -0.39 is 11.9 Å². The number of carboxylic acids is 2. The predicted molar refractivity (Wildman–Crippen MR) is 151 cm³/mol. The van der Waals surface area contributed by atoms with E-state index in [4.69, 9.17) is 0 Å². The molecule has 0 atom stereocenters. The third-order valence-corrected chi connectivity index (χ3v) is 6.63. The molecular formula is C32H60Na2O4. The van der Waals surface area contributed by atoms with Crippen molar-refractivity contribution in [1.82, 2.24) is 0 Å². The normalized spacial score (nSPS) is 10.4. The van der Waals surface area contributed by atoms with Crippen molar-refractivity contribution in [1.29, 1.82) is 0 Å². The van der Waals surface area contributed by atoms with Crippen LogP contribution < -0.4 is 69.3 Å². The van der Waals surface area contributed by atoms with Crippen LogP contribution in [0.25, 0.3) is 0 Å². The zero-order valence-corrected chi connectivity index (χ0v) is 30.2. The Balaban J connectivity index is -0.000000289. The van der Waals surface area contributed by atoms with Gasteiger partial charge < -0.3 is 19.8 Å². The van der Waals surface area contributed by atoms with Gasteiger partial charge in [-0.25, -0.2) is 0 Å². The Hall–Kier alpha value is 0.680. The minimum atomic E-state index is -0.916. The number of rotatable bonds is 27. The van der Waals surface area contributed by atoms with Crippen LogP contribution in [0.15, 0.2) is 12.2 Å². The van der Waals surface area contributed by atoms with Gasteiger partial charge in [0, 0.05) is 11.9 Å². The average molecular weight is 555 g/mol. The van der Waals surface area contributed by atoms with E-state index in [0.717, 1.165) is 32.1 Å². The summed E-state index contributed by atoms with van der Waals surface area (Å²) < 4.78 is 0. The molecule has 0 rings (SSSR count). The molecule has 0 aromatic heterocycles. The summed E-state index contributed by atoms with van der Waals surface area (Å²) in [6, 6.07) is 0. The van der Waals surface area contributed by atoms with Crippen molar-refractivity contribution < 1.29 is 78.9 Å². The van der Waals surface area contributed by atoms with E-state index >= 15 is 0 Å². The number of unbranched alkanes of at least 4 members (excludes halogenated alkanes) is 21. The van der Waals surface area contributed by atoms with Gasteiger partial charge in [-0.2, -0.15) is 0 Å². The maximum absolute atomic E-state index is 10.2. The summed E-state index contributed by atoms with van der Waals surface area (Å²) in [4.78, 5) is 20.4. The zero-order chi connectivity index (χ0) is 27.0. The molecule has 0 aliphatic heterocycles. The van der Waals surface area contributed by atoms with E-state index in [9.17, 15) is 19.8 Å². The second-order valence-electron chi connectivity index (χ2n) is 10.4. The fraction of sp³-hybridized carbons (Fsp3) is 0.875. The van der Waals surface area contributed by atoms with Crippen LogP contribution in [0.1, 0.15) is 181 Å². The first kappa shape index (κ1) is 45.7. The molecule has 0 radical (unpaired) electrons. The van der Waals surface area contributed by atoms with Crippen LogP contribution in [0.5, 0.6) is 0 Å². The summed E-state index contributed by atoms with van der Waals surface area (Å²) in [5.74, 6) is -1.82. The summed E-state index contributed by atoms with van der Waals surface area (Å²) >= 11 is 0. The van der Waals surface area contributed by atoms with Crippen molar-refractivity contribution in [2.75, 3.05) is 0 Å². The number of carbonyl (C=O) groups excluding carboxylic acids is 2. The molecule has 0 saturated heterocycles. The summed E-state index contributed by atoms with van der Waals surface area (Å²) in [6.07, 6.45) is 34.9. The van der Waals surface area contributed by atoms with Gasteiger partial charge >= 0.3 is 59.1 Å². The van der Waals surface area contributed by atoms with Crippen molar-refractivity contribution in [2.24, 2.45) is 0 Å². The van der Waals surface area contributed by atoms with Gasteiger partial charge in [0.05, 0.1) is 0 Å². The molecule has 38 heavy (non-hydrogen) atoms. The second-order valence-corrected chi connectivity index (χ2v) is 10.4. The Morgan fingerprint density at radius 2 is 0.658 bits per heavy atom. The molecule has 0 aromatic carbocycles. The molecule has 0 aliphatic rings. The van der Waals surface area contributed by atoms with Gasteiger partial charge in [-0.15, -0.1) is 0 Å². The molecule has 0 N–H and O–H groups in total. The topological polar surface area (TPSA) is 80.3 Å². The quantitative estimate of drug-likeness (QED) is 0.0886. The van der Waals surface area contributed by atoms with Crippen molar-refractivity contribution in [2.45, 2.75) is 181 Å². The fourth-order valence-electron chi connectivity index (χ4n) is 4.27. The maximum atomic E-state index is 10.2. The van der Waals surface area contributed by atoms with Gasteiger partial charge in [0.15, 0.2) is 0 Å². The molecule has 0 fully saturated rings. The Labute approximate surface area is 281 Å². The number of carboxylic acid groups (broad SMARTS) is 2. The molecule has 214 valence electrons. The smallest absolute Gasteiger partial charge is 0.550 e. The van der Waals surface area contributed by atoms with E-state index in [2.05, 4.69) is 26.0 Å². The molecule has 0 unspecified atom stereocenters. The van der Waals surface area contributed by atoms with Crippen molar-refractivity contribution in [3.05, 3.63) is 12.2 Å². The predicted octanol–water partition coefficient (Wildman–Crippen LogP) is 2.22. The van der Waals surface area contributed by atoms with E-state index in [1.807, 2.05) is 0 Å². The standard InChI is InChI=1S/C16H32O2.C16H30O2.2Na/c2*1-2-3-4-5-6-7-8-9-10-11-12-13-14-15-16(17)18;;/h2-15H2,1H3,(H,17,18);7-8H,2-6,9-15H2,1H3,(H,17,18);;/q;;2*+1/p-2/b;8-7-;;. The minimum absolute atomic E-state index is 0. The molecular weight excluding hydrogens is 494 g/mol. The maximum Gasteiger partial charge on any atom is 1.00 e. The van der Waals surface area contributed by atoms with Crippen LogP contribution >= 0.6 is 0 Å². The molecule has 0 saturated carbocycles. The van der Waals surface area contributed by atoms with E-state index in [1.165, 1.54) is 122 Å². The van der Waals surface area contributed by atoms with Crippen LogP contribution in [-0.2, 0) is 9.59 Å². The Kier molecular flexibility index (Phi) is 50.6. The number of carbonyl (C=O) groups is 2. The van der Waals surface area contributed by atoms with Gasteiger partial charge in [0.2, 0.25) is 0 Å². The molecule has 0 aromatic rings. The second kappa shape index (κ2) is 42.2. The van der Waals surface area contributed by atoms with Gasteiger partial charge in [-0.3, -0.25) is 0 Å².